The molecule has 0 bridgehead atoms. The van der Waals surface area contributed by atoms with E-state index < -0.39 is 12.0 Å². The molecule has 2 unspecified atom stereocenters. The standard InChI is InChI=1S/C21H24N2O5/c1-12(10-14-4-6-15(28-3)7-5-14)23(27)13(2)16-8-9-19(24)20-17(16)11-18(22-20)21(25)26/h4-9,11-13,22,24,27H,10H2,1-3H3,(H,25,26). The van der Waals surface area contributed by atoms with Crippen molar-refractivity contribution in [3.8, 4) is 11.5 Å². The molecule has 2 aromatic carbocycles. The molecule has 3 rings (SSSR count). The Morgan fingerprint density at radius 2 is 1.86 bits per heavy atom. The number of ether oxygens (including phenoxy) is 1. The molecular weight excluding hydrogens is 360 g/mol. The minimum absolute atomic E-state index is 0.0132. The number of aromatic amines is 1. The molecule has 7 nitrogen and oxygen atoms in total. The van der Waals surface area contributed by atoms with Gasteiger partial charge in [0, 0.05) is 11.4 Å². The highest BCUT2D eigenvalue weighted by atomic mass is 16.5. The average Bonchev–Trinajstić information content (AvgIpc) is 3.14. The van der Waals surface area contributed by atoms with Crippen LogP contribution in [0, 0.1) is 0 Å². The zero-order valence-electron chi connectivity index (χ0n) is 16.0. The summed E-state index contributed by atoms with van der Waals surface area (Å²) in [6.45, 7) is 3.75. The Morgan fingerprint density at radius 3 is 2.46 bits per heavy atom. The largest absolute Gasteiger partial charge is 0.506 e. The summed E-state index contributed by atoms with van der Waals surface area (Å²) in [6.07, 6.45) is 0.625. The quantitative estimate of drug-likeness (QED) is 0.460. The third-order valence-electron chi connectivity index (χ3n) is 5.02. The molecule has 28 heavy (non-hydrogen) atoms. The Labute approximate surface area is 162 Å². The number of benzene rings is 2. The smallest absolute Gasteiger partial charge is 0.352 e. The van der Waals surface area contributed by atoms with Gasteiger partial charge in [0.25, 0.3) is 0 Å². The lowest BCUT2D eigenvalue weighted by Crippen LogP contribution is -2.34. The fourth-order valence-electron chi connectivity index (χ4n) is 3.43. The van der Waals surface area contributed by atoms with Crippen LogP contribution in [0.1, 0.15) is 41.5 Å². The van der Waals surface area contributed by atoms with Crippen molar-refractivity contribution < 1.29 is 25.0 Å². The van der Waals surface area contributed by atoms with Gasteiger partial charge in [-0.05, 0) is 55.7 Å². The number of phenols is 1. The Morgan fingerprint density at radius 1 is 1.18 bits per heavy atom. The van der Waals surface area contributed by atoms with E-state index in [-0.39, 0.29) is 17.5 Å². The number of H-pyrrole nitrogens is 1. The van der Waals surface area contributed by atoms with Crippen molar-refractivity contribution in [2.24, 2.45) is 0 Å². The average molecular weight is 384 g/mol. The van der Waals surface area contributed by atoms with Gasteiger partial charge in [0.15, 0.2) is 0 Å². The number of hydrogen-bond donors (Lipinski definition) is 4. The van der Waals surface area contributed by atoms with E-state index in [1.54, 1.807) is 13.2 Å². The highest BCUT2D eigenvalue weighted by molar-refractivity contribution is 5.97. The monoisotopic (exact) mass is 384 g/mol. The molecule has 0 aliphatic carbocycles. The number of nitrogens with one attached hydrogen (secondary N) is 1. The van der Waals surface area contributed by atoms with Gasteiger partial charge < -0.3 is 25.1 Å². The van der Waals surface area contributed by atoms with E-state index in [0.29, 0.717) is 17.3 Å². The van der Waals surface area contributed by atoms with Crippen molar-refractivity contribution in [3.05, 3.63) is 59.3 Å². The molecule has 0 radical (unpaired) electrons. The molecule has 148 valence electrons. The normalized spacial score (nSPS) is 13.6. The molecule has 3 aromatic rings. The van der Waals surface area contributed by atoms with Crippen molar-refractivity contribution in [1.82, 2.24) is 10.0 Å². The molecule has 0 saturated carbocycles. The van der Waals surface area contributed by atoms with Crippen molar-refractivity contribution in [3.63, 3.8) is 0 Å². The lowest BCUT2D eigenvalue weighted by Gasteiger charge is -2.29. The maximum atomic E-state index is 11.3. The molecule has 0 spiro atoms. The van der Waals surface area contributed by atoms with Gasteiger partial charge in [-0.2, -0.15) is 5.06 Å². The number of aromatic carboxylic acids is 1. The maximum absolute atomic E-state index is 11.3. The maximum Gasteiger partial charge on any atom is 0.352 e. The van der Waals surface area contributed by atoms with E-state index in [1.807, 2.05) is 38.1 Å². The summed E-state index contributed by atoms with van der Waals surface area (Å²) < 4.78 is 5.16. The van der Waals surface area contributed by atoms with Gasteiger partial charge in [-0.1, -0.05) is 18.2 Å². The predicted molar refractivity (Wildman–Crippen MR) is 105 cm³/mol. The van der Waals surface area contributed by atoms with Crippen LogP contribution in [0.4, 0.5) is 0 Å². The van der Waals surface area contributed by atoms with Crippen molar-refractivity contribution in [2.45, 2.75) is 32.4 Å². The first-order chi connectivity index (χ1) is 13.3. The van der Waals surface area contributed by atoms with Gasteiger partial charge in [0.2, 0.25) is 0 Å². The lowest BCUT2D eigenvalue weighted by atomic mass is 10.00. The SMILES string of the molecule is COc1ccc(CC(C)N(O)C(C)c2ccc(O)c3[nH]c(C(=O)O)cc23)cc1. The number of aromatic nitrogens is 1. The molecule has 1 heterocycles. The summed E-state index contributed by atoms with van der Waals surface area (Å²) in [6, 6.07) is 11.7. The molecular formula is C21H24N2O5. The summed E-state index contributed by atoms with van der Waals surface area (Å²) in [5.41, 5.74) is 2.12. The van der Waals surface area contributed by atoms with Crippen LogP contribution in [-0.2, 0) is 6.42 Å². The van der Waals surface area contributed by atoms with E-state index in [9.17, 15) is 20.2 Å². The fourth-order valence-corrected chi connectivity index (χ4v) is 3.43. The molecule has 0 saturated heterocycles. The number of methoxy groups -OCH3 is 1. The van der Waals surface area contributed by atoms with E-state index in [4.69, 9.17) is 4.74 Å². The lowest BCUT2D eigenvalue weighted by molar-refractivity contribution is -0.152. The minimum Gasteiger partial charge on any atom is -0.506 e. The molecule has 0 aliphatic heterocycles. The minimum atomic E-state index is -1.11. The summed E-state index contributed by atoms with van der Waals surface area (Å²) in [4.78, 5) is 14.0. The summed E-state index contributed by atoms with van der Waals surface area (Å²) in [5, 5.41) is 31.9. The highest BCUT2D eigenvalue weighted by Gasteiger charge is 2.23. The van der Waals surface area contributed by atoms with Crippen LogP contribution in [0.15, 0.2) is 42.5 Å². The Kier molecular flexibility index (Phi) is 5.58. The topological polar surface area (TPSA) is 106 Å². The molecule has 0 aliphatic rings. The molecule has 2 atom stereocenters. The van der Waals surface area contributed by atoms with E-state index in [0.717, 1.165) is 16.9 Å². The number of fused-ring (bicyclic) bond motifs is 1. The first-order valence-corrected chi connectivity index (χ1v) is 8.99. The van der Waals surface area contributed by atoms with Crippen molar-refractivity contribution in [1.29, 1.82) is 0 Å². The van der Waals surface area contributed by atoms with E-state index >= 15 is 0 Å². The number of rotatable bonds is 7. The van der Waals surface area contributed by atoms with Crippen molar-refractivity contribution in [2.75, 3.05) is 7.11 Å². The number of carboxylic acid groups (broad SMARTS) is 1. The summed E-state index contributed by atoms with van der Waals surface area (Å²) in [7, 11) is 1.62. The molecule has 0 fully saturated rings. The number of aromatic hydroxyl groups is 1. The molecule has 7 heteroatoms. The number of phenolic OH excluding ortho intramolecular Hbond substituents is 1. The molecule has 1 aromatic heterocycles. The number of hydroxylamine groups is 2. The molecule has 4 N–H and O–H groups in total. The third-order valence-corrected chi connectivity index (χ3v) is 5.02. The summed E-state index contributed by atoms with van der Waals surface area (Å²) >= 11 is 0. The number of carbonyl (C=O) groups is 1. The van der Waals surface area contributed by atoms with Crippen LogP contribution >= 0.6 is 0 Å². The number of nitrogens with zero attached hydrogens (tertiary/aromatic N) is 1. The van der Waals surface area contributed by atoms with Crippen molar-refractivity contribution >= 4 is 16.9 Å². The second-order valence-electron chi connectivity index (χ2n) is 6.91. The van der Waals surface area contributed by atoms with Gasteiger partial charge >= 0.3 is 5.97 Å². The predicted octanol–water partition coefficient (Wildman–Crippen LogP) is 3.96. The molecule has 0 amide bonds. The third kappa shape index (κ3) is 3.81. The van der Waals surface area contributed by atoms with Gasteiger partial charge in [0.05, 0.1) is 18.7 Å². The summed E-state index contributed by atoms with van der Waals surface area (Å²) in [5.74, 6) is -0.365. The zero-order chi connectivity index (χ0) is 20.4. The van der Waals surface area contributed by atoms with Crippen LogP contribution in [0.2, 0.25) is 0 Å². The number of carboxylic acids is 1. The van der Waals surface area contributed by atoms with E-state index in [2.05, 4.69) is 4.98 Å². The van der Waals surface area contributed by atoms with Gasteiger partial charge in [-0.15, -0.1) is 0 Å². The van der Waals surface area contributed by atoms with Gasteiger partial charge in [0.1, 0.15) is 17.2 Å². The van der Waals surface area contributed by atoms with Crippen LogP contribution in [0.25, 0.3) is 10.9 Å². The zero-order valence-corrected chi connectivity index (χ0v) is 16.0. The number of hydrogen-bond acceptors (Lipinski definition) is 5. The van der Waals surface area contributed by atoms with Crippen LogP contribution in [-0.4, -0.2) is 44.6 Å². The van der Waals surface area contributed by atoms with E-state index in [1.165, 1.54) is 17.2 Å². The van der Waals surface area contributed by atoms with Crippen LogP contribution in [0.5, 0.6) is 11.5 Å². The van der Waals surface area contributed by atoms with Gasteiger partial charge in [-0.3, -0.25) is 0 Å². The first-order valence-electron chi connectivity index (χ1n) is 8.99. The second-order valence-corrected chi connectivity index (χ2v) is 6.91. The Balaban J connectivity index is 1.84. The van der Waals surface area contributed by atoms with Gasteiger partial charge in [-0.25, -0.2) is 4.79 Å². The first kappa shape index (κ1) is 19.7. The fraction of sp³-hybridized carbons (Fsp3) is 0.286. The Bertz CT molecular complexity index is 980. The van der Waals surface area contributed by atoms with Crippen LogP contribution in [0.3, 0.4) is 0 Å². The highest BCUT2D eigenvalue weighted by Crippen LogP contribution is 2.34. The second kappa shape index (κ2) is 7.92. The van der Waals surface area contributed by atoms with Crippen LogP contribution < -0.4 is 4.74 Å². The Hall–Kier alpha value is -3.03.